The number of methoxy groups -OCH3 is 1. The van der Waals surface area contributed by atoms with Crippen molar-refractivity contribution < 1.29 is 17.9 Å². The normalized spacial score (nSPS) is 14.5. The van der Waals surface area contributed by atoms with Crippen LogP contribution in [0.3, 0.4) is 0 Å². The van der Waals surface area contributed by atoms with Crippen LogP contribution >= 0.6 is 0 Å². The molecule has 0 aliphatic rings. The van der Waals surface area contributed by atoms with Gasteiger partial charge in [-0.15, -0.1) is 0 Å². The van der Waals surface area contributed by atoms with Crippen LogP contribution in [0, 0.1) is 5.92 Å². The summed E-state index contributed by atoms with van der Waals surface area (Å²) in [6, 6.07) is 0.0601. The lowest BCUT2D eigenvalue weighted by Gasteiger charge is -2.30. The molecular weight excluding hydrogens is 245 g/mol. The molecule has 0 heterocycles. The zero-order valence-corrected chi connectivity index (χ0v) is 11.7. The average Bonchev–Trinajstić information content (AvgIpc) is 2.21. The number of alkyl halides is 3. The summed E-state index contributed by atoms with van der Waals surface area (Å²) in [7, 11) is 1.63. The third-order valence-electron chi connectivity index (χ3n) is 2.57. The Morgan fingerprint density at radius 3 is 2.28 bits per heavy atom. The Labute approximate surface area is 108 Å². The maximum Gasteiger partial charge on any atom is 0.401 e. The minimum absolute atomic E-state index is 0.0601. The monoisotopic (exact) mass is 270 g/mol. The van der Waals surface area contributed by atoms with Crippen molar-refractivity contribution in [2.24, 2.45) is 5.92 Å². The molecule has 110 valence electrons. The maximum absolute atomic E-state index is 12.0. The first kappa shape index (κ1) is 17.7. The standard InChI is InChI=1S/C12H25F3N2O/c1-10(2)8-17(5-6-18-4)11(3)7-16-9-12(13,14)15/h10-11,16H,5-9H2,1-4H3. The Balaban J connectivity index is 4.07. The molecule has 0 spiro atoms. The van der Waals surface area contributed by atoms with E-state index in [1.165, 1.54) is 0 Å². The highest BCUT2D eigenvalue weighted by atomic mass is 19.4. The van der Waals surface area contributed by atoms with Crippen molar-refractivity contribution in [3.05, 3.63) is 0 Å². The van der Waals surface area contributed by atoms with E-state index in [2.05, 4.69) is 24.1 Å². The second-order valence-electron chi connectivity index (χ2n) is 4.98. The van der Waals surface area contributed by atoms with E-state index >= 15 is 0 Å². The fourth-order valence-electron chi connectivity index (χ4n) is 1.72. The number of nitrogens with one attached hydrogen (secondary N) is 1. The van der Waals surface area contributed by atoms with Crippen molar-refractivity contribution in [2.75, 3.05) is 39.9 Å². The highest BCUT2D eigenvalue weighted by Gasteiger charge is 2.26. The smallest absolute Gasteiger partial charge is 0.383 e. The molecule has 0 saturated carbocycles. The highest BCUT2D eigenvalue weighted by Crippen LogP contribution is 2.12. The van der Waals surface area contributed by atoms with Crippen molar-refractivity contribution in [3.63, 3.8) is 0 Å². The molecule has 0 rings (SSSR count). The summed E-state index contributed by atoms with van der Waals surface area (Å²) in [6.45, 7) is 7.71. The van der Waals surface area contributed by atoms with Crippen molar-refractivity contribution in [3.8, 4) is 0 Å². The second-order valence-corrected chi connectivity index (χ2v) is 4.98. The fourth-order valence-corrected chi connectivity index (χ4v) is 1.72. The number of rotatable bonds is 9. The van der Waals surface area contributed by atoms with E-state index in [1.807, 2.05) is 6.92 Å². The Bertz CT molecular complexity index is 210. The summed E-state index contributed by atoms with van der Waals surface area (Å²) >= 11 is 0. The predicted octanol–water partition coefficient (Wildman–Crippen LogP) is 2.13. The minimum atomic E-state index is -4.14. The van der Waals surface area contributed by atoms with E-state index in [4.69, 9.17) is 4.74 Å². The van der Waals surface area contributed by atoms with Crippen LogP contribution in [-0.2, 0) is 4.74 Å². The van der Waals surface area contributed by atoms with Crippen molar-refractivity contribution >= 4 is 0 Å². The number of ether oxygens (including phenoxy) is 1. The van der Waals surface area contributed by atoms with Gasteiger partial charge in [-0.05, 0) is 12.8 Å². The lowest BCUT2D eigenvalue weighted by Crippen LogP contribution is -2.45. The number of hydrogen-bond acceptors (Lipinski definition) is 3. The molecule has 0 radical (unpaired) electrons. The Kier molecular flexibility index (Phi) is 8.56. The summed E-state index contributed by atoms with van der Waals surface area (Å²) in [4.78, 5) is 2.15. The summed E-state index contributed by atoms with van der Waals surface area (Å²) in [5.41, 5.74) is 0. The topological polar surface area (TPSA) is 24.5 Å². The first-order chi connectivity index (χ1) is 8.26. The first-order valence-corrected chi connectivity index (χ1v) is 6.26. The van der Waals surface area contributed by atoms with Gasteiger partial charge in [0.15, 0.2) is 0 Å². The predicted molar refractivity (Wildman–Crippen MR) is 66.7 cm³/mol. The summed E-state index contributed by atoms with van der Waals surface area (Å²) in [5, 5.41) is 2.45. The van der Waals surface area contributed by atoms with Crippen LogP contribution in [0.5, 0.6) is 0 Å². The molecule has 0 bridgehead atoms. The van der Waals surface area contributed by atoms with E-state index in [9.17, 15) is 13.2 Å². The Hall–Kier alpha value is -0.330. The molecule has 0 saturated heterocycles. The molecule has 0 amide bonds. The van der Waals surface area contributed by atoms with Gasteiger partial charge in [0.25, 0.3) is 0 Å². The van der Waals surface area contributed by atoms with Gasteiger partial charge in [-0.1, -0.05) is 13.8 Å². The molecule has 1 unspecified atom stereocenters. The largest absolute Gasteiger partial charge is 0.401 e. The molecule has 0 aliphatic carbocycles. The molecular formula is C12H25F3N2O. The third-order valence-corrected chi connectivity index (χ3v) is 2.57. The molecule has 1 atom stereocenters. The lowest BCUT2D eigenvalue weighted by atomic mass is 10.1. The number of nitrogens with zero attached hydrogens (tertiary/aromatic N) is 1. The summed E-state index contributed by atoms with van der Waals surface area (Å²) in [5.74, 6) is 0.479. The zero-order valence-electron chi connectivity index (χ0n) is 11.7. The van der Waals surface area contributed by atoms with E-state index < -0.39 is 12.7 Å². The van der Waals surface area contributed by atoms with Gasteiger partial charge in [-0.2, -0.15) is 13.2 Å². The quantitative estimate of drug-likeness (QED) is 0.694. The van der Waals surface area contributed by atoms with E-state index in [0.717, 1.165) is 13.1 Å². The molecule has 1 N–H and O–H groups in total. The highest BCUT2D eigenvalue weighted by molar-refractivity contribution is 4.72. The third kappa shape index (κ3) is 9.67. The van der Waals surface area contributed by atoms with Crippen LogP contribution in [0.4, 0.5) is 13.2 Å². The van der Waals surface area contributed by atoms with Crippen molar-refractivity contribution in [2.45, 2.75) is 33.0 Å². The molecule has 3 nitrogen and oxygen atoms in total. The van der Waals surface area contributed by atoms with Gasteiger partial charge in [-0.25, -0.2) is 0 Å². The zero-order chi connectivity index (χ0) is 14.2. The van der Waals surface area contributed by atoms with E-state index in [0.29, 0.717) is 19.1 Å². The van der Waals surface area contributed by atoms with Gasteiger partial charge in [0.05, 0.1) is 13.2 Å². The van der Waals surface area contributed by atoms with Crippen LogP contribution in [0.15, 0.2) is 0 Å². The molecule has 0 fully saturated rings. The second kappa shape index (κ2) is 8.72. The molecule has 0 aromatic rings. The molecule has 18 heavy (non-hydrogen) atoms. The molecule has 0 aromatic heterocycles. The van der Waals surface area contributed by atoms with Crippen LogP contribution in [0.1, 0.15) is 20.8 Å². The van der Waals surface area contributed by atoms with Crippen LogP contribution in [0.2, 0.25) is 0 Å². The van der Waals surface area contributed by atoms with Gasteiger partial charge < -0.3 is 10.1 Å². The summed E-state index contributed by atoms with van der Waals surface area (Å²) in [6.07, 6.45) is -4.14. The van der Waals surface area contributed by atoms with Gasteiger partial charge in [-0.3, -0.25) is 4.90 Å². The van der Waals surface area contributed by atoms with Gasteiger partial charge in [0.2, 0.25) is 0 Å². The van der Waals surface area contributed by atoms with Crippen LogP contribution in [-0.4, -0.2) is 57.0 Å². The van der Waals surface area contributed by atoms with Gasteiger partial charge in [0, 0.05) is 32.8 Å². The van der Waals surface area contributed by atoms with Crippen molar-refractivity contribution in [1.82, 2.24) is 10.2 Å². The maximum atomic E-state index is 12.0. The molecule has 0 aromatic carbocycles. The number of halogens is 3. The molecule has 0 aliphatic heterocycles. The molecule has 6 heteroatoms. The Morgan fingerprint density at radius 1 is 1.22 bits per heavy atom. The number of hydrogen-bond donors (Lipinski definition) is 1. The summed E-state index contributed by atoms with van der Waals surface area (Å²) < 4.78 is 41.1. The average molecular weight is 270 g/mol. The van der Waals surface area contributed by atoms with Crippen molar-refractivity contribution in [1.29, 1.82) is 0 Å². The fraction of sp³-hybridized carbons (Fsp3) is 1.00. The minimum Gasteiger partial charge on any atom is -0.383 e. The van der Waals surface area contributed by atoms with Crippen LogP contribution < -0.4 is 5.32 Å². The van der Waals surface area contributed by atoms with E-state index in [-0.39, 0.29) is 6.04 Å². The Morgan fingerprint density at radius 2 is 1.83 bits per heavy atom. The van der Waals surface area contributed by atoms with Gasteiger partial charge >= 0.3 is 6.18 Å². The lowest BCUT2D eigenvalue weighted by molar-refractivity contribution is -0.125. The van der Waals surface area contributed by atoms with Crippen LogP contribution in [0.25, 0.3) is 0 Å². The first-order valence-electron chi connectivity index (χ1n) is 6.26. The van der Waals surface area contributed by atoms with Gasteiger partial charge in [0.1, 0.15) is 0 Å². The SMILES string of the molecule is COCCN(CC(C)C)C(C)CNCC(F)(F)F. The van der Waals surface area contributed by atoms with E-state index in [1.54, 1.807) is 7.11 Å².